The smallest absolute Gasteiger partial charge is 0.149 e. The predicted molar refractivity (Wildman–Crippen MR) is 79.8 cm³/mol. The molecule has 5 heteroatoms. The SMILES string of the molecule is CNc1cncc(N(C)C(C)c2cccc(Cl)c2)n1. The highest BCUT2D eigenvalue weighted by Crippen LogP contribution is 2.25. The van der Waals surface area contributed by atoms with Crippen LogP contribution < -0.4 is 10.2 Å². The second-order valence-electron chi connectivity index (χ2n) is 4.35. The van der Waals surface area contributed by atoms with Crippen molar-refractivity contribution in [1.82, 2.24) is 9.97 Å². The van der Waals surface area contributed by atoms with Gasteiger partial charge in [0.25, 0.3) is 0 Å². The van der Waals surface area contributed by atoms with Gasteiger partial charge in [-0.05, 0) is 24.6 Å². The Hall–Kier alpha value is -1.81. The van der Waals surface area contributed by atoms with E-state index in [2.05, 4.69) is 33.2 Å². The molecule has 1 aromatic carbocycles. The molecule has 0 radical (unpaired) electrons. The number of anilines is 2. The van der Waals surface area contributed by atoms with Crippen LogP contribution >= 0.6 is 11.6 Å². The maximum absolute atomic E-state index is 6.03. The van der Waals surface area contributed by atoms with Crippen LogP contribution in [-0.4, -0.2) is 24.1 Å². The number of benzene rings is 1. The molecule has 0 saturated heterocycles. The van der Waals surface area contributed by atoms with Gasteiger partial charge in [0.15, 0.2) is 0 Å². The fraction of sp³-hybridized carbons (Fsp3) is 0.286. The van der Waals surface area contributed by atoms with Crippen LogP contribution in [-0.2, 0) is 0 Å². The van der Waals surface area contributed by atoms with Crippen molar-refractivity contribution in [2.24, 2.45) is 0 Å². The van der Waals surface area contributed by atoms with Gasteiger partial charge in [-0.15, -0.1) is 0 Å². The zero-order valence-electron chi connectivity index (χ0n) is 11.3. The first kappa shape index (κ1) is 13.6. The quantitative estimate of drug-likeness (QED) is 0.930. The van der Waals surface area contributed by atoms with E-state index in [0.717, 1.165) is 22.2 Å². The minimum Gasteiger partial charge on any atom is -0.372 e. The molecule has 19 heavy (non-hydrogen) atoms. The molecule has 100 valence electrons. The van der Waals surface area contributed by atoms with Crippen LogP contribution in [0.4, 0.5) is 11.6 Å². The predicted octanol–water partition coefficient (Wildman–Crippen LogP) is 3.37. The van der Waals surface area contributed by atoms with Gasteiger partial charge in [0.2, 0.25) is 0 Å². The van der Waals surface area contributed by atoms with Gasteiger partial charge in [-0.25, -0.2) is 4.98 Å². The van der Waals surface area contributed by atoms with Crippen LogP contribution in [0.5, 0.6) is 0 Å². The minimum atomic E-state index is 0.167. The highest BCUT2D eigenvalue weighted by Gasteiger charge is 2.14. The van der Waals surface area contributed by atoms with E-state index in [1.807, 2.05) is 32.3 Å². The summed E-state index contributed by atoms with van der Waals surface area (Å²) in [6.07, 6.45) is 3.45. The van der Waals surface area contributed by atoms with Crippen LogP contribution in [0, 0.1) is 0 Å². The highest BCUT2D eigenvalue weighted by atomic mass is 35.5. The molecule has 4 nitrogen and oxygen atoms in total. The lowest BCUT2D eigenvalue weighted by Crippen LogP contribution is -2.23. The number of nitrogens with one attached hydrogen (secondary N) is 1. The van der Waals surface area contributed by atoms with Gasteiger partial charge in [0.05, 0.1) is 18.4 Å². The number of hydrogen-bond donors (Lipinski definition) is 1. The topological polar surface area (TPSA) is 41.1 Å². The molecule has 0 amide bonds. The molecule has 1 N–H and O–H groups in total. The second-order valence-corrected chi connectivity index (χ2v) is 4.79. The Balaban J connectivity index is 2.25. The molecule has 2 aromatic rings. The summed E-state index contributed by atoms with van der Waals surface area (Å²) in [6, 6.07) is 8.03. The standard InChI is InChI=1S/C14H17ClN4/c1-10(11-5-4-6-12(15)7-11)19(3)14-9-17-8-13(16-2)18-14/h4-10H,1-3H3,(H,16,18). The number of hydrogen-bond acceptors (Lipinski definition) is 4. The van der Waals surface area contributed by atoms with Crippen molar-refractivity contribution in [2.45, 2.75) is 13.0 Å². The molecule has 1 heterocycles. The zero-order chi connectivity index (χ0) is 13.8. The summed E-state index contributed by atoms with van der Waals surface area (Å²) >= 11 is 6.03. The summed E-state index contributed by atoms with van der Waals surface area (Å²) in [5.41, 5.74) is 1.15. The van der Waals surface area contributed by atoms with Crippen LogP contribution in [0.3, 0.4) is 0 Å². The third kappa shape index (κ3) is 3.15. The molecule has 0 bridgehead atoms. The zero-order valence-corrected chi connectivity index (χ0v) is 12.0. The van der Waals surface area contributed by atoms with Crippen molar-refractivity contribution >= 4 is 23.2 Å². The average Bonchev–Trinajstić information content (AvgIpc) is 2.45. The van der Waals surface area contributed by atoms with Crippen LogP contribution in [0.2, 0.25) is 5.02 Å². The van der Waals surface area contributed by atoms with Gasteiger partial charge in [-0.3, -0.25) is 4.98 Å². The molecule has 0 saturated carbocycles. The second kappa shape index (κ2) is 5.89. The first-order chi connectivity index (χ1) is 9.11. The Morgan fingerprint density at radius 1 is 1.32 bits per heavy atom. The Morgan fingerprint density at radius 3 is 2.79 bits per heavy atom. The lowest BCUT2D eigenvalue weighted by Gasteiger charge is -2.26. The fourth-order valence-corrected chi connectivity index (χ4v) is 2.03. The van der Waals surface area contributed by atoms with Gasteiger partial charge < -0.3 is 10.2 Å². The van der Waals surface area contributed by atoms with E-state index in [9.17, 15) is 0 Å². The molecule has 0 aliphatic heterocycles. The van der Waals surface area contributed by atoms with Crippen molar-refractivity contribution in [1.29, 1.82) is 0 Å². The van der Waals surface area contributed by atoms with E-state index < -0.39 is 0 Å². The summed E-state index contributed by atoms with van der Waals surface area (Å²) in [7, 11) is 3.82. The Kier molecular flexibility index (Phi) is 4.22. The molecule has 2 rings (SSSR count). The first-order valence-corrected chi connectivity index (χ1v) is 6.47. The van der Waals surface area contributed by atoms with Crippen molar-refractivity contribution in [3.63, 3.8) is 0 Å². The summed E-state index contributed by atoms with van der Waals surface area (Å²) in [5, 5.41) is 3.73. The molecule has 0 fully saturated rings. The maximum atomic E-state index is 6.03. The normalized spacial score (nSPS) is 12.0. The number of halogens is 1. The third-order valence-corrected chi connectivity index (χ3v) is 3.39. The summed E-state index contributed by atoms with van der Waals surface area (Å²) in [5.74, 6) is 1.57. The molecular formula is C14H17ClN4. The van der Waals surface area contributed by atoms with E-state index >= 15 is 0 Å². The molecular weight excluding hydrogens is 260 g/mol. The van der Waals surface area contributed by atoms with Crippen molar-refractivity contribution in [2.75, 3.05) is 24.3 Å². The van der Waals surface area contributed by atoms with Gasteiger partial charge in [0, 0.05) is 19.1 Å². The third-order valence-electron chi connectivity index (χ3n) is 3.15. The molecule has 0 aliphatic rings. The van der Waals surface area contributed by atoms with E-state index in [4.69, 9.17) is 11.6 Å². The van der Waals surface area contributed by atoms with Crippen LogP contribution in [0.15, 0.2) is 36.7 Å². The van der Waals surface area contributed by atoms with Gasteiger partial charge in [0.1, 0.15) is 11.6 Å². The molecule has 1 unspecified atom stereocenters. The largest absolute Gasteiger partial charge is 0.372 e. The summed E-state index contributed by atoms with van der Waals surface area (Å²) < 4.78 is 0. The Bertz CT molecular complexity index is 559. The monoisotopic (exact) mass is 276 g/mol. The number of aromatic nitrogens is 2. The van der Waals surface area contributed by atoms with Crippen molar-refractivity contribution in [3.05, 3.63) is 47.2 Å². The van der Waals surface area contributed by atoms with E-state index in [1.54, 1.807) is 12.4 Å². The summed E-state index contributed by atoms with van der Waals surface area (Å²) in [4.78, 5) is 10.7. The number of nitrogens with zero attached hydrogens (tertiary/aromatic N) is 3. The van der Waals surface area contributed by atoms with Crippen LogP contribution in [0.1, 0.15) is 18.5 Å². The van der Waals surface area contributed by atoms with E-state index in [-0.39, 0.29) is 6.04 Å². The van der Waals surface area contributed by atoms with Gasteiger partial charge in [-0.1, -0.05) is 23.7 Å². The molecule has 0 aliphatic carbocycles. The molecule has 0 spiro atoms. The average molecular weight is 277 g/mol. The Morgan fingerprint density at radius 2 is 2.11 bits per heavy atom. The highest BCUT2D eigenvalue weighted by molar-refractivity contribution is 6.30. The molecule has 1 atom stereocenters. The van der Waals surface area contributed by atoms with E-state index in [1.165, 1.54) is 0 Å². The molecule has 1 aromatic heterocycles. The lowest BCUT2D eigenvalue weighted by molar-refractivity contribution is 0.727. The van der Waals surface area contributed by atoms with Crippen LogP contribution in [0.25, 0.3) is 0 Å². The van der Waals surface area contributed by atoms with Gasteiger partial charge >= 0.3 is 0 Å². The van der Waals surface area contributed by atoms with Crippen molar-refractivity contribution in [3.8, 4) is 0 Å². The Labute approximate surface area is 118 Å². The maximum Gasteiger partial charge on any atom is 0.149 e. The summed E-state index contributed by atoms with van der Waals surface area (Å²) in [6.45, 7) is 2.11. The fourth-order valence-electron chi connectivity index (χ4n) is 1.83. The first-order valence-electron chi connectivity index (χ1n) is 6.10. The minimum absolute atomic E-state index is 0.167. The lowest BCUT2D eigenvalue weighted by atomic mass is 10.1. The van der Waals surface area contributed by atoms with Crippen molar-refractivity contribution < 1.29 is 0 Å². The number of rotatable bonds is 4. The van der Waals surface area contributed by atoms with E-state index in [0.29, 0.717) is 0 Å². The van der Waals surface area contributed by atoms with Gasteiger partial charge in [-0.2, -0.15) is 0 Å².